The van der Waals surface area contributed by atoms with Crippen LogP contribution in [0.2, 0.25) is 0 Å². The van der Waals surface area contributed by atoms with Crippen LogP contribution in [0.3, 0.4) is 0 Å². The van der Waals surface area contributed by atoms with E-state index in [4.69, 9.17) is 4.74 Å². The Kier molecular flexibility index (Phi) is 7.78. The third-order valence-electron chi connectivity index (χ3n) is 5.41. The molecule has 1 fully saturated rings. The molecule has 1 saturated heterocycles. The number of rotatable bonds is 8. The smallest absolute Gasteiger partial charge is 0.406 e. The van der Waals surface area contributed by atoms with E-state index >= 15 is 0 Å². The molecule has 0 aliphatic carbocycles. The summed E-state index contributed by atoms with van der Waals surface area (Å²) in [7, 11) is 0. The topological polar surface area (TPSA) is 21.7 Å². The number of ether oxygens (including phenoxy) is 2. The summed E-state index contributed by atoms with van der Waals surface area (Å²) in [5, 5.41) is 0. The van der Waals surface area contributed by atoms with Crippen LogP contribution in [0, 0.1) is 11.8 Å². The van der Waals surface area contributed by atoms with Gasteiger partial charge in [0.1, 0.15) is 5.75 Å². The van der Waals surface area contributed by atoms with Gasteiger partial charge in [0, 0.05) is 19.6 Å². The number of morpholine rings is 1. The summed E-state index contributed by atoms with van der Waals surface area (Å²) in [5.74, 6) is 0.413. The molecule has 164 valence electrons. The second-order valence-electron chi connectivity index (χ2n) is 8.38. The van der Waals surface area contributed by atoms with Crippen molar-refractivity contribution in [2.75, 3.05) is 19.7 Å². The molecule has 6 heteroatoms. The lowest BCUT2D eigenvalue weighted by molar-refractivity contribution is -0.274. The van der Waals surface area contributed by atoms with E-state index in [1.165, 1.54) is 11.6 Å². The van der Waals surface area contributed by atoms with Crippen molar-refractivity contribution in [2.24, 2.45) is 11.8 Å². The molecule has 2 atom stereocenters. The van der Waals surface area contributed by atoms with Crippen LogP contribution in [0.1, 0.15) is 31.4 Å². The fourth-order valence-corrected chi connectivity index (χ4v) is 4.15. The first-order valence-electron chi connectivity index (χ1n) is 10.5. The van der Waals surface area contributed by atoms with Gasteiger partial charge in [-0.1, -0.05) is 62.4 Å². The van der Waals surface area contributed by atoms with Crippen molar-refractivity contribution in [2.45, 2.75) is 45.7 Å². The minimum Gasteiger partial charge on any atom is -0.406 e. The van der Waals surface area contributed by atoms with Crippen molar-refractivity contribution in [1.29, 1.82) is 0 Å². The van der Waals surface area contributed by atoms with Crippen molar-refractivity contribution in [3.8, 4) is 5.75 Å². The fourth-order valence-electron chi connectivity index (χ4n) is 4.15. The van der Waals surface area contributed by atoms with Gasteiger partial charge in [0.25, 0.3) is 0 Å². The maximum absolute atomic E-state index is 12.8. The normalized spacial score (nSPS) is 19.1. The molecule has 0 N–H and O–H groups in total. The van der Waals surface area contributed by atoms with Crippen molar-refractivity contribution in [1.82, 2.24) is 4.90 Å². The summed E-state index contributed by atoms with van der Waals surface area (Å²) in [6.07, 6.45) is -3.35. The van der Waals surface area contributed by atoms with Gasteiger partial charge < -0.3 is 9.47 Å². The van der Waals surface area contributed by atoms with Crippen molar-refractivity contribution in [3.05, 3.63) is 65.7 Å². The van der Waals surface area contributed by atoms with E-state index in [1.807, 2.05) is 18.2 Å². The predicted molar refractivity (Wildman–Crippen MR) is 111 cm³/mol. The molecule has 1 aliphatic heterocycles. The van der Waals surface area contributed by atoms with Gasteiger partial charge in [-0.15, -0.1) is 13.2 Å². The van der Waals surface area contributed by atoms with Gasteiger partial charge in [-0.3, -0.25) is 4.90 Å². The van der Waals surface area contributed by atoms with Gasteiger partial charge in [0.2, 0.25) is 0 Å². The van der Waals surface area contributed by atoms with Crippen LogP contribution in [-0.2, 0) is 17.7 Å². The Hall–Kier alpha value is -2.05. The Bertz CT molecular complexity index is 780. The molecular formula is C24H30F3NO2. The van der Waals surface area contributed by atoms with E-state index < -0.39 is 6.36 Å². The number of para-hydroxylation sites is 1. The first-order chi connectivity index (χ1) is 14.3. The highest BCUT2D eigenvalue weighted by Crippen LogP contribution is 2.32. The Labute approximate surface area is 176 Å². The predicted octanol–water partition coefficient (Wildman–Crippen LogP) is 5.69. The number of nitrogens with zero attached hydrogens (tertiary/aromatic N) is 1. The Morgan fingerprint density at radius 3 is 2.47 bits per heavy atom. The Morgan fingerprint density at radius 1 is 1.07 bits per heavy atom. The molecule has 0 bridgehead atoms. The molecule has 0 spiro atoms. The summed E-state index contributed by atoms with van der Waals surface area (Å²) >= 11 is 0. The van der Waals surface area contributed by atoms with Crippen LogP contribution in [0.5, 0.6) is 5.75 Å². The molecular weight excluding hydrogens is 391 g/mol. The highest BCUT2D eigenvalue weighted by Gasteiger charge is 2.34. The van der Waals surface area contributed by atoms with E-state index in [1.54, 1.807) is 18.2 Å². The first kappa shape index (κ1) is 22.6. The van der Waals surface area contributed by atoms with Gasteiger partial charge in [0.15, 0.2) is 0 Å². The number of alkyl halides is 3. The molecule has 0 aromatic heterocycles. The summed E-state index contributed by atoms with van der Waals surface area (Å²) < 4.78 is 48.9. The van der Waals surface area contributed by atoms with Crippen LogP contribution in [0.25, 0.3) is 0 Å². The molecule has 2 aromatic carbocycles. The average molecular weight is 422 g/mol. The van der Waals surface area contributed by atoms with Crippen LogP contribution >= 0.6 is 0 Å². The van der Waals surface area contributed by atoms with Crippen molar-refractivity contribution < 1.29 is 22.6 Å². The van der Waals surface area contributed by atoms with Gasteiger partial charge >= 0.3 is 6.36 Å². The molecule has 30 heavy (non-hydrogen) atoms. The van der Waals surface area contributed by atoms with Crippen LogP contribution < -0.4 is 4.74 Å². The zero-order chi connectivity index (χ0) is 21.6. The highest BCUT2D eigenvalue weighted by atomic mass is 19.4. The second-order valence-corrected chi connectivity index (χ2v) is 8.38. The maximum Gasteiger partial charge on any atom is 0.573 e. The van der Waals surface area contributed by atoms with Crippen LogP contribution in [-0.4, -0.2) is 37.1 Å². The van der Waals surface area contributed by atoms with Gasteiger partial charge in [-0.05, 0) is 41.9 Å². The van der Waals surface area contributed by atoms with Gasteiger partial charge in [-0.25, -0.2) is 0 Å². The van der Waals surface area contributed by atoms with E-state index in [9.17, 15) is 13.2 Å². The molecule has 2 aromatic rings. The van der Waals surface area contributed by atoms with E-state index in [0.717, 1.165) is 26.1 Å². The lowest BCUT2D eigenvalue weighted by Crippen LogP contribution is -2.46. The number of hydrogen-bond acceptors (Lipinski definition) is 3. The minimum atomic E-state index is -4.70. The second kappa shape index (κ2) is 10.3. The zero-order valence-corrected chi connectivity index (χ0v) is 17.6. The molecule has 2 unspecified atom stereocenters. The van der Waals surface area contributed by atoms with E-state index in [0.29, 0.717) is 24.5 Å². The highest BCUT2D eigenvalue weighted by molar-refractivity contribution is 5.34. The van der Waals surface area contributed by atoms with E-state index in [-0.39, 0.29) is 17.8 Å². The largest absolute Gasteiger partial charge is 0.573 e. The quantitative estimate of drug-likeness (QED) is 0.546. The Morgan fingerprint density at radius 2 is 1.77 bits per heavy atom. The van der Waals surface area contributed by atoms with Crippen molar-refractivity contribution >= 4 is 0 Å². The Balaban J connectivity index is 1.73. The molecule has 3 rings (SSSR count). The minimum absolute atomic E-state index is 0.0243. The lowest BCUT2D eigenvalue weighted by Gasteiger charge is -2.38. The number of halogens is 3. The average Bonchev–Trinajstić information content (AvgIpc) is 2.68. The molecule has 0 radical (unpaired) electrons. The SMILES string of the molecule is CC(C)CC(Cc1ccccc1OC(F)(F)F)C1CN(Cc2ccccc2)CCO1. The molecule has 0 saturated carbocycles. The third kappa shape index (κ3) is 7.03. The number of hydrogen-bond donors (Lipinski definition) is 0. The maximum atomic E-state index is 12.8. The molecule has 0 amide bonds. The van der Waals surface area contributed by atoms with E-state index in [2.05, 4.69) is 35.6 Å². The van der Waals surface area contributed by atoms with Crippen molar-refractivity contribution in [3.63, 3.8) is 0 Å². The lowest BCUT2D eigenvalue weighted by atomic mass is 9.85. The summed E-state index contributed by atoms with van der Waals surface area (Å²) in [4.78, 5) is 2.37. The zero-order valence-electron chi connectivity index (χ0n) is 17.6. The summed E-state index contributed by atoms with van der Waals surface area (Å²) in [5.41, 5.74) is 1.83. The molecule has 3 nitrogen and oxygen atoms in total. The third-order valence-corrected chi connectivity index (χ3v) is 5.41. The number of benzene rings is 2. The van der Waals surface area contributed by atoms with Gasteiger partial charge in [-0.2, -0.15) is 0 Å². The van der Waals surface area contributed by atoms with Crippen LogP contribution in [0.4, 0.5) is 13.2 Å². The molecule has 1 heterocycles. The molecule has 1 aliphatic rings. The summed E-state index contributed by atoms with van der Waals surface area (Å²) in [6, 6.07) is 16.7. The van der Waals surface area contributed by atoms with Gasteiger partial charge in [0.05, 0.1) is 12.7 Å². The first-order valence-corrected chi connectivity index (χ1v) is 10.5. The standard InChI is InChI=1S/C24H30F3NO2/c1-18(2)14-21(15-20-10-6-7-11-22(20)30-24(25,26)27)23-17-28(12-13-29-23)16-19-8-4-3-5-9-19/h3-11,18,21,23H,12-17H2,1-2H3. The summed E-state index contributed by atoms with van der Waals surface area (Å²) in [6.45, 7) is 7.38. The van der Waals surface area contributed by atoms with Crippen LogP contribution in [0.15, 0.2) is 54.6 Å². The monoisotopic (exact) mass is 421 g/mol. The fraction of sp³-hybridized carbons (Fsp3) is 0.500.